The molecule has 7 nitrogen and oxygen atoms in total. The van der Waals surface area contributed by atoms with Crippen LogP contribution in [0.4, 0.5) is 5.69 Å². The molecule has 0 bridgehead atoms. The molecule has 6 rings (SSSR count). The number of para-hydroxylation sites is 2. The largest absolute Gasteiger partial charge is 0.490 e. The summed E-state index contributed by atoms with van der Waals surface area (Å²) in [5.41, 5.74) is 5.80. The van der Waals surface area contributed by atoms with Crippen LogP contribution in [-0.2, 0) is 35.8 Å². The van der Waals surface area contributed by atoms with Gasteiger partial charge in [0, 0.05) is 31.6 Å². The predicted octanol–water partition coefficient (Wildman–Crippen LogP) is 3.79. The fraction of sp³-hybridized carbons (Fsp3) is 0.310. The molecule has 1 N–H and O–H groups in total. The van der Waals surface area contributed by atoms with E-state index in [1.54, 1.807) is 0 Å². The highest BCUT2D eigenvalue weighted by Gasteiger charge is 2.35. The SMILES string of the molecule is O=C1CCC(N2Cc3cccc(OCc4ccc(CN5CCOc6ccccc65)cc4)c3C2)C(=O)N1. The summed E-state index contributed by atoms with van der Waals surface area (Å²) in [5.74, 6) is 1.43. The van der Waals surface area contributed by atoms with Gasteiger partial charge in [-0.1, -0.05) is 48.5 Å². The third kappa shape index (κ3) is 4.54. The topological polar surface area (TPSA) is 71.1 Å². The summed E-state index contributed by atoms with van der Waals surface area (Å²) in [7, 11) is 0. The standard InChI is InChI=1S/C29H29N3O4/c33-28-13-12-25(29(34)30-28)32-17-22-4-3-7-26(23(22)18-32)36-19-21-10-8-20(9-11-21)16-31-14-15-35-27-6-2-1-5-24(27)31/h1-11,25H,12-19H2,(H,30,33,34). The van der Waals surface area contributed by atoms with Crippen molar-refractivity contribution in [3.63, 3.8) is 0 Å². The third-order valence-electron chi connectivity index (χ3n) is 7.23. The van der Waals surface area contributed by atoms with Gasteiger partial charge in [-0.15, -0.1) is 0 Å². The Hall–Kier alpha value is -3.84. The molecule has 1 saturated heterocycles. The van der Waals surface area contributed by atoms with Crippen molar-refractivity contribution in [2.24, 2.45) is 0 Å². The van der Waals surface area contributed by atoms with E-state index in [9.17, 15) is 9.59 Å². The van der Waals surface area contributed by atoms with Crippen LogP contribution in [0.15, 0.2) is 66.7 Å². The third-order valence-corrected chi connectivity index (χ3v) is 7.23. The number of hydrogen-bond acceptors (Lipinski definition) is 6. The summed E-state index contributed by atoms with van der Waals surface area (Å²) in [6, 6.07) is 22.6. The summed E-state index contributed by atoms with van der Waals surface area (Å²) in [4.78, 5) is 28.3. The lowest BCUT2D eigenvalue weighted by Crippen LogP contribution is -2.50. The molecule has 3 aliphatic heterocycles. The number of carbonyl (C=O) groups excluding carboxylic acids is 2. The lowest BCUT2D eigenvalue weighted by atomic mass is 10.0. The van der Waals surface area contributed by atoms with Gasteiger partial charge in [-0.2, -0.15) is 0 Å². The molecule has 184 valence electrons. The zero-order valence-electron chi connectivity index (χ0n) is 20.1. The lowest BCUT2D eigenvalue weighted by Gasteiger charge is -2.31. The number of amides is 2. The molecule has 0 saturated carbocycles. The van der Waals surface area contributed by atoms with Gasteiger partial charge in [0.2, 0.25) is 11.8 Å². The number of hydrogen-bond donors (Lipinski definition) is 1. The fourth-order valence-corrected chi connectivity index (χ4v) is 5.32. The first-order valence-corrected chi connectivity index (χ1v) is 12.5. The Morgan fingerprint density at radius 3 is 2.64 bits per heavy atom. The highest BCUT2D eigenvalue weighted by atomic mass is 16.5. The van der Waals surface area contributed by atoms with E-state index in [4.69, 9.17) is 9.47 Å². The molecular weight excluding hydrogens is 454 g/mol. The van der Waals surface area contributed by atoms with Crippen LogP contribution in [0.2, 0.25) is 0 Å². The first kappa shape index (κ1) is 22.6. The Morgan fingerprint density at radius 2 is 1.78 bits per heavy atom. The average molecular weight is 484 g/mol. The van der Waals surface area contributed by atoms with Gasteiger partial charge in [-0.25, -0.2) is 0 Å². The minimum atomic E-state index is -0.270. The minimum Gasteiger partial charge on any atom is -0.490 e. The number of rotatable bonds is 6. The summed E-state index contributed by atoms with van der Waals surface area (Å²) in [5, 5.41) is 2.47. The maximum Gasteiger partial charge on any atom is 0.243 e. The van der Waals surface area contributed by atoms with E-state index >= 15 is 0 Å². The van der Waals surface area contributed by atoms with E-state index in [-0.39, 0.29) is 17.9 Å². The van der Waals surface area contributed by atoms with Crippen LogP contribution in [0.1, 0.15) is 35.1 Å². The van der Waals surface area contributed by atoms with Gasteiger partial charge < -0.3 is 14.4 Å². The van der Waals surface area contributed by atoms with Gasteiger partial charge in [-0.3, -0.25) is 19.8 Å². The predicted molar refractivity (Wildman–Crippen MR) is 136 cm³/mol. The molecule has 0 radical (unpaired) electrons. The molecule has 7 heteroatoms. The number of piperidine rings is 1. The van der Waals surface area contributed by atoms with E-state index in [1.807, 2.05) is 30.3 Å². The molecule has 3 heterocycles. The molecule has 1 fully saturated rings. The number of fused-ring (bicyclic) bond motifs is 2. The normalized spacial score (nSPS) is 19.3. The summed E-state index contributed by atoms with van der Waals surface area (Å²) < 4.78 is 12.0. The second-order valence-electron chi connectivity index (χ2n) is 9.61. The Bertz CT molecular complexity index is 1290. The van der Waals surface area contributed by atoms with Gasteiger partial charge >= 0.3 is 0 Å². The van der Waals surface area contributed by atoms with Crippen molar-refractivity contribution in [3.8, 4) is 11.5 Å². The van der Waals surface area contributed by atoms with Crippen LogP contribution in [0.25, 0.3) is 0 Å². The van der Waals surface area contributed by atoms with E-state index in [1.165, 1.54) is 11.1 Å². The Balaban J connectivity index is 1.08. The Morgan fingerprint density at radius 1 is 0.944 bits per heavy atom. The van der Waals surface area contributed by atoms with E-state index < -0.39 is 0 Å². The van der Waals surface area contributed by atoms with Gasteiger partial charge in [0.1, 0.15) is 24.7 Å². The van der Waals surface area contributed by atoms with E-state index in [2.05, 4.69) is 51.5 Å². The first-order chi connectivity index (χ1) is 17.6. The number of nitrogens with zero attached hydrogens (tertiary/aromatic N) is 2. The van der Waals surface area contributed by atoms with Crippen LogP contribution in [0.3, 0.4) is 0 Å². The smallest absolute Gasteiger partial charge is 0.243 e. The van der Waals surface area contributed by atoms with Gasteiger partial charge in [0.05, 0.1) is 18.3 Å². The van der Waals surface area contributed by atoms with Gasteiger partial charge in [0.15, 0.2) is 0 Å². The van der Waals surface area contributed by atoms with Crippen LogP contribution in [-0.4, -0.2) is 35.9 Å². The van der Waals surface area contributed by atoms with Crippen molar-refractivity contribution in [1.29, 1.82) is 0 Å². The van der Waals surface area contributed by atoms with Crippen LogP contribution in [0, 0.1) is 0 Å². The molecule has 36 heavy (non-hydrogen) atoms. The highest BCUT2D eigenvalue weighted by molar-refractivity contribution is 6.00. The molecule has 3 aliphatic rings. The number of nitrogens with one attached hydrogen (secondary N) is 1. The zero-order valence-corrected chi connectivity index (χ0v) is 20.1. The van der Waals surface area contributed by atoms with Crippen molar-refractivity contribution in [2.45, 2.75) is 45.1 Å². The number of anilines is 1. The summed E-state index contributed by atoms with van der Waals surface area (Å²) >= 11 is 0. The number of ether oxygens (including phenoxy) is 2. The second-order valence-corrected chi connectivity index (χ2v) is 9.61. The van der Waals surface area contributed by atoms with Crippen molar-refractivity contribution >= 4 is 17.5 Å². The zero-order chi connectivity index (χ0) is 24.5. The van der Waals surface area contributed by atoms with E-state index in [0.717, 1.165) is 41.4 Å². The molecule has 3 aromatic carbocycles. The number of imide groups is 1. The molecule has 3 aromatic rings. The van der Waals surface area contributed by atoms with Crippen LogP contribution < -0.4 is 19.7 Å². The Labute approximate surface area is 210 Å². The quantitative estimate of drug-likeness (QED) is 0.538. The molecule has 1 atom stereocenters. The average Bonchev–Trinajstić information content (AvgIpc) is 3.33. The number of benzene rings is 3. The molecule has 0 spiro atoms. The first-order valence-electron chi connectivity index (χ1n) is 12.5. The summed E-state index contributed by atoms with van der Waals surface area (Å²) in [6.45, 7) is 4.23. The van der Waals surface area contributed by atoms with Crippen molar-refractivity contribution < 1.29 is 19.1 Å². The monoisotopic (exact) mass is 483 g/mol. The minimum absolute atomic E-state index is 0.183. The second kappa shape index (κ2) is 9.66. The maximum absolute atomic E-state index is 12.3. The molecule has 0 aliphatic carbocycles. The van der Waals surface area contributed by atoms with Crippen LogP contribution >= 0.6 is 0 Å². The molecular formula is C29H29N3O4. The van der Waals surface area contributed by atoms with Crippen molar-refractivity contribution in [2.75, 3.05) is 18.1 Å². The number of carbonyl (C=O) groups is 2. The van der Waals surface area contributed by atoms with Crippen molar-refractivity contribution in [3.05, 3.63) is 89.0 Å². The van der Waals surface area contributed by atoms with Crippen molar-refractivity contribution in [1.82, 2.24) is 10.2 Å². The fourth-order valence-electron chi connectivity index (χ4n) is 5.32. The van der Waals surface area contributed by atoms with E-state index in [0.29, 0.717) is 39.1 Å². The molecule has 0 aromatic heterocycles. The van der Waals surface area contributed by atoms with Crippen LogP contribution in [0.5, 0.6) is 11.5 Å². The van der Waals surface area contributed by atoms with Gasteiger partial charge in [0.25, 0.3) is 0 Å². The Kier molecular flexibility index (Phi) is 6.07. The summed E-state index contributed by atoms with van der Waals surface area (Å²) in [6.07, 6.45) is 0.956. The lowest BCUT2D eigenvalue weighted by molar-refractivity contribution is -0.137. The van der Waals surface area contributed by atoms with Gasteiger partial charge in [-0.05, 0) is 41.3 Å². The highest BCUT2D eigenvalue weighted by Crippen LogP contribution is 2.34. The maximum atomic E-state index is 12.3. The molecule has 2 amide bonds. The molecule has 1 unspecified atom stereocenters.